The molecule has 2 nitrogen and oxygen atoms in total. The van der Waals surface area contributed by atoms with Crippen LogP contribution in [0.3, 0.4) is 0 Å². The molecule has 27 heavy (non-hydrogen) atoms. The summed E-state index contributed by atoms with van der Waals surface area (Å²) in [6.07, 6.45) is 1.98. The van der Waals surface area contributed by atoms with E-state index in [4.69, 9.17) is 0 Å². The van der Waals surface area contributed by atoms with E-state index in [1.54, 1.807) is 6.07 Å². The average Bonchev–Trinajstić information content (AvgIpc) is 2.74. The zero-order valence-corrected chi connectivity index (χ0v) is 14.6. The summed E-state index contributed by atoms with van der Waals surface area (Å²) in [4.78, 5) is 16.1. The first-order valence-corrected chi connectivity index (χ1v) is 9.00. The largest absolute Gasteiger partial charge is 0.360 e. The smallest absolute Gasteiger partial charge is 0.188 e. The highest BCUT2D eigenvalue weighted by molar-refractivity contribution is 6.10. The third-order valence-corrected chi connectivity index (χ3v) is 5.05. The van der Waals surface area contributed by atoms with Crippen molar-refractivity contribution in [2.24, 2.45) is 0 Å². The van der Waals surface area contributed by atoms with Crippen molar-refractivity contribution in [2.45, 2.75) is 0 Å². The molecule has 0 unspecified atom stereocenters. The van der Waals surface area contributed by atoms with E-state index in [0.29, 0.717) is 0 Å². The van der Waals surface area contributed by atoms with Gasteiger partial charge in [-0.1, -0.05) is 72.8 Å². The summed E-state index contributed by atoms with van der Waals surface area (Å²) in [6, 6.07) is 30.3. The number of aromatic amines is 1. The van der Waals surface area contributed by atoms with Crippen LogP contribution in [0.4, 0.5) is 0 Å². The summed E-state index contributed by atoms with van der Waals surface area (Å²) in [5.74, 6) is 0. The van der Waals surface area contributed by atoms with E-state index in [2.05, 4.69) is 47.4 Å². The van der Waals surface area contributed by atoms with Crippen molar-refractivity contribution < 1.29 is 0 Å². The molecule has 0 aliphatic rings. The van der Waals surface area contributed by atoms with Crippen molar-refractivity contribution in [1.29, 1.82) is 0 Å². The second-order valence-electron chi connectivity index (χ2n) is 6.68. The highest BCUT2D eigenvalue weighted by atomic mass is 16.1. The van der Waals surface area contributed by atoms with E-state index in [-0.39, 0.29) is 5.43 Å². The van der Waals surface area contributed by atoms with Gasteiger partial charge in [-0.25, -0.2) is 0 Å². The van der Waals surface area contributed by atoms with Crippen molar-refractivity contribution in [3.8, 4) is 22.3 Å². The van der Waals surface area contributed by atoms with E-state index in [9.17, 15) is 4.79 Å². The first kappa shape index (κ1) is 15.6. The highest BCUT2D eigenvalue weighted by Gasteiger charge is 2.11. The number of nitrogens with one attached hydrogen (secondary N) is 1. The Morgan fingerprint density at radius 1 is 0.630 bits per heavy atom. The molecule has 5 rings (SSSR count). The molecule has 1 heterocycles. The van der Waals surface area contributed by atoms with Gasteiger partial charge in [-0.15, -0.1) is 0 Å². The Kier molecular flexibility index (Phi) is 3.61. The Balaban J connectivity index is 1.79. The fraction of sp³-hybridized carbons (Fsp3) is 0. The Bertz CT molecular complexity index is 1320. The molecule has 128 valence electrons. The van der Waals surface area contributed by atoms with Gasteiger partial charge >= 0.3 is 0 Å². The molecule has 0 bridgehead atoms. The predicted molar refractivity (Wildman–Crippen MR) is 113 cm³/mol. The van der Waals surface area contributed by atoms with Crippen molar-refractivity contribution in [3.05, 3.63) is 107 Å². The molecule has 0 saturated heterocycles. The lowest BCUT2D eigenvalue weighted by atomic mass is 9.95. The van der Waals surface area contributed by atoms with Crippen LogP contribution in [-0.2, 0) is 0 Å². The van der Waals surface area contributed by atoms with Crippen molar-refractivity contribution >= 4 is 21.7 Å². The number of rotatable bonds is 2. The van der Waals surface area contributed by atoms with Crippen LogP contribution in [-0.4, -0.2) is 4.98 Å². The quantitative estimate of drug-likeness (QED) is 0.389. The summed E-state index contributed by atoms with van der Waals surface area (Å²) in [5.41, 5.74) is 5.37. The van der Waals surface area contributed by atoms with Gasteiger partial charge in [-0.05, 0) is 51.2 Å². The normalized spacial score (nSPS) is 11.1. The monoisotopic (exact) mass is 347 g/mol. The minimum atomic E-state index is 0.0407. The molecule has 0 atom stereocenters. The minimum Gasteiger partial charge on any atom is -0.360 e. The van der Waals surface area contributed by atoms with Crippen LogP contribution >= 0.6 is 0 Å². The molecule has 0 saturated carbocycles. The van der Waals surface area contributed by atoms with E-state index >= 15 is 0 Å². The molecule has 0 fully saturated rings. The van der Waals surface area contributed by atoms with Crippen molar-refractivity contribution in [2.75, 3.05) is 0 Å². The minimum absolute atomic E-state index is 0.0407. The van der Waals surface area contributed by atoms with E-state index in [0.717, 1.165) is 43.9 Å². The highest BCUT2D eigenvalue weighted by Crippen LogP contribution is 2.31. The Labute approximate surface area is 156 Å². The first-order valence-electron chi connectivity index (χ1n) is 9.00. The summed E-state index contributed by atoms with van der Waals surface area (Å²) >= 11 is 0. The lowest BCUT2D eigenvalue weighted by molar-refractivity contribution is 1.42. The number of fused-ring (bicyclic) bond motifs is 3. The SMILES string of the molecule is O=c1ccc(-c2ccccc2)c2ccc3cc(-c4ccccc4)c[nH]c3c12. The number of H-pyrrole nitrogens is 1. The molecule has 5 aromatic rings. The fourth-order valence-corrected chi connectivity index (χ4v) is 3.73. The van der Waals surface area contributed by atoms with Gasteiger partial charge in [-0.2, -0.15) is 0 Å². The second kappa shape index (κ2) is 6.26. The molecule has 0 spiro atoms. The summed E-state index contributed by atoms with van der Waals surface area (Å²) in [6.45, 7) is 0. The molecule has 0 amide bonds. The number of hydrogen-bond acceptors (Lipinski definition) is 1. The summed E-state index contributed by atoms with van der Waals surface area (Å²) in [5, 5.41) is 2.75. The molecule has 0 aliphatic heterocycles. The fourth-order valence-electron chi connectivity index (χ4n) is 3.73. The van der Waals surface area contributed by atoms with Crippen LogP contribution in [0.15, 0.2) is 102 Å². The predicted octanol–water partition coefficient (Wildman–Crippen LogP) is 6.02. The van der Waals surface area contributed by atoms with Crippen LogP contribution < -0.4 is 5.43 Å². The van der Waals surface area contributed by atoms with Crippen LogP contribution in [0, 0.1) is 0 Å². The standard InChI is InChI=1S/C25H17NO/c27-23-14-13-21(18-9-5-2-6-10-18)22-12-11-19-15-20(16-26-25(19)24(22)23)17-7-3-1-4-8-17/h1-16,26H. The van der Waals surface area contributed by atoms with Crippen LogP contribution in [0.5, 0.6) is 0 Å². The zero-order valence-electron chi connectivity index (χ0n) is 14.6. The Hall–Kier alpha value is -3.65. The number of pyridine rings is 1. The average molecular weight is 347 g/mol. The van der Waals surface area contributed by atoms with E-state index in [1.807, 2.05) is 48.7 Å². The van der Waals surface area contributed by atoms with Crippen LogP contribution in [0.25, 0.3) is 43.9 Å². The number of hydrogen-bond donors (Lipinski definition) is 1. The molecule has 0 radical (unpaired) electrons. The van der Waals surface area contributed by atoms with Gasteiger partial charge in [0.25, 0.3) is 0 Å². The van der Waals surface area contributed by atoms with Gasteiger partial charge in [0.15, 0.2) is 5.43 Å². The van der Waals surface area contributed by atoms with Gasteiger partial charge in [-0.3, -0.25) is 4.79 Å². The van der Waals surface area contributed by atoms with Gasteiger partial charge in [0.05, 0.1) is 10.9 Å². The second-order valence-corrected chi connectivity index (χ2v) is 6.68. The maximum atomic E-state index is 12.7. The van der Waals surface area contributed by atoms with Crippen molar-refractivity contribution in [3.63, 3.8) is 0 Å². The number of benzene rings is 4. The number of aromatic nitrogens is 1. The molecule has 1 aromatic heterocycles. The third kappa shape index (κ3) is 2.63. The van der Waals surface area contributed by atoms with Gasteiger partial charge in [0, 0.05) is 6.20 Å². The molecule has 4 aromatic carbocycles. The van der Waals surface area contributed by atoms with Gasteiger partial charge in [0.2, 0.25) is 0 Å². The zero-order chi connectivity index (χ0) is 18.2. The maximum Gasteiger partial charge on any atom is 0.188 e. The van der Waals surface area contributed by atoms with E-state index < -0.39 is 0 Å². The Morgan fingerprint density at radius 2 is 1.33 bits per heavy atom. The van der Waals surface area contributed by atoms with Crippen LogP contribution in [0.2, 0.25) is 0 Å². The topological polar surface area (TPSA) is 32.9 Å². The van der Waals surface area contributed by atoms with Gasteiger partial charge in [0.1, 0.15) is 0 Å². The van der Waals surface area contributed by atoms with Crippen LogP contribution in [0.1, 0.15) is 0 Å². The summed E-state index contributed by atoms with van der Waals surface area (Å²) < 4.78 is 0. The molecule has 2 heteroatoms. The third-order valence-electron chi connectivity index (χ3n) is 5.05. The first-order chi connectivity index (χ1) is 13.3. The lowest BCUT2D eigenvalue weighted by Gasteiger charge is -2.10. The Morgan fingerprint density at radius 3 is 2.07 bits per heavy atom. The maximum absolute atomic E-state index is 12.7. The summed E-state index contributed by atoms with van der Waals surface area (Å²) in [7, 11) is 0. The van der Waals surface area contributed by atoms with E-state index in [1.165, 1.54) is 0 Å². The molecular formula is C25H17NO. The van der Waals surface area contributed by atoms with Gasteiger partial charge < -0.3 is 4.98 Å². The molecular weight excluding hydrogens is 330 g/mol. The van der Waals surface area contributed by atoms with Crippen molar-refractivity contribution in [1.82, 2.24) is 4.98 Å². The lowest BCUT2D eigenvalue weighted by Crippen LogP contribution is -2.01. The molecule has 0 aliphatic carbocycles. The molecule has 1 N–H and O–H groups in total.